The molecule has 6 heteroatoms. The lowest BCUT2D eigenvalue weighted by molar-refractivity contribution is -0.139. The Hall–Kier alpha value is -2.08. The molecule has 0 saturated carbocycles. The normalized spacial score (nSPS) is 16.0. The summed E-state index contributed by atoms with van der Waals surface area (Å²) in [4.78, 5) is 13.8. The van der Waals surface area contributed by atoms with E-state index in [1.165, 1.54) is 31.2 Å². The number of carbonyl (C=O) groups is 1. The molecule has 29 heavy (non-hydrogen) atoms. The Morgan fingerprint density at radius 3 is 1.86 bits per heavy atom. The van der Waals surface area contributed by atoms with Crippen molar-refractivity contribution < 1.29 is 18.7 Å². The Kier molecular flexibility index (Phi) is 8.08. The van der Waals surface area contributed by atoms with Gasteiger partial charge in [0.25, 0.3) is 0 Å². The molecule has 0 atom stereocenters. The molecule has 1 aliphatic rings. The maximum atomic E-state index is 13.3. The number of carbonyl (C=O) groups excluding carboxylic acids is 1. The largest absolute Gasteiger partial charge is 0.382 e. The number of hydrogen-bond acceptors (Lipinski definition) is 3. The zero-order chi connectivity index (χ0) is 20.1. The molecular weight excluding hydrogens is 396 g/mol. The van der Waals surface area contributed by atoms with E-state index in [-0.39, 0.29) is 29.8 Å². The van der Waals surface area contributed by atoms with Crippen molar-refractivity contribution in [3.8, 4) is 0 Å². The van der Waals surface area contributed by atoms with Crippen LogP contribution in [0.5, 0.6) is 0 Å². The van der Waals surface area contributed by atoms with Crippen LogP contribution >= 0.6 is 12.4 Å². The van der Waals surface area contributed by atoms with E-state index in [1.807, 2.05) is 0 Å². The SMILES string of the molecule is CC(=O)C1(O)CCN(CCC=C(c2ccc(F)cc2)c2ccc(F)cc2)CC1.Cl. The molecule has 0 spiro atoms. The van der Waals surface area contributed by atoms with E-state index >= 15 is 0 Å². The van der Waals surface area contributed by atoms with Gasteiger partial charge in [-0.15, -0.1) is 12.4 Å². The van der Waals surface area contributed by atoms with Crippen LogP contribution in [-0.2, 0) is 4.79 Å². The van der Waals surface area contributed by atoms with Gasteiger partial charge in [-0.05, 0) is 67.2 Å². The maximum Gasteiger partial charge on any atom is 0.161 e. The van der Waals surface area contributed by atoms with Gasteiger partial charge >= 0.3 is 0 Å². The van der Waals surface area contributed by atoms with Crippen LogP contribution in [-0.4, -0.2) is 41.0 Å². The minimum Gasteiger partial charge on any atom is -0.382 e. The van der Waals surface area contributed by atoms with Crippen LogP contribution in [0.1, 0.15) is 37.3 Å². The van der Waals surface area contributed by atoms with Crippen molar-refractivity contribution in [3.63, 3.8) is 0 Å². The van der Waals surface area contributed by atoms with Gasteiger partial charge in [-0.25, -0.2) is 8.78 Å². The highest BCUT2D eigenvalue weighted by molar-refractivity contribution is 5.85. The number of rotatable bonds is 6. The molecule has 0 aliphatic carbocycles. The third-order valence-corrected chi connectivity index (χ3v) is 5.44. The monoisotopic (exact) mass is 421 g/mol. The number of hydrogen-bond donors (Lipinski definition) is 1. The molecule has 3 rings (SSSR count). The molecular formula is C23H26ClF2NO2. The summed E-state index contributed by atoms with van der Waals surface area (Å²) < 4.78 is 26.6. The Labute approximate surface area is 176 Å². The molecule has 156 valence electrons. The van der Waals surface area contributed by atoms with Crippen molar-refractivity contribution in [1.29, 1.82) is 0 Å². The van der Waals surface area contributed by atoms with E-state index in [2.05, 4.69) is 11.0 Å². The second-order valence-corrected chi connectivity index (χ2v) is 7.35. The first kappa shape index (κ1) is 23.2. The smallest absolute Gasteiger partial charge is 0.161 e. The van der Waals surface area contributed by atoms with Crippen LogP contribution in [0.2, 0.25) is 0 Å². The number of likely N-dealkylation sites (tertiary alicyclic amines) is 1. The third kappa shape index (κ3) is 5.95. The van der Waals surface area contributed by atoms with E-state index in [0.717, 1.165) is 29.7 Å². The number of nitrogens with zero attached hydrogens (tertiary/aromatic N) is 1. The molecule has 0 radical (unpaired) electrons. The Bertz CT molecular complexity index is 795. The third-order valence-electron chi connectivity index (χ3n) is 5.44. The molecule has 0 aromatic heterocycles. The summed E-state index contributed by atoms with van der Waals surface area (Å²) in [6.45, 7) is 3.58. The maximum absolute atomic E-state index is 13.3. The Balaban J connectivity index is 0.00000300. The predicted octanol–water partition coefficient (Wildman–Crippen LogP) is 4.62. The Morgan fingerprint density at radius 2 is 1.45 bits per heavy atom. The van der Waals surface area contributed by atoms with Crippen LogP contribution in [0.25, 0.3) is 5.57 Å². The van der Waals surface area contributed by atoms with E-state index < -0.39 is 5.60 Å². The molecule has 2 aromatic carbocycles. The first-order valence-corrected chi connectivity index (χ1v) is 9.55. The summed E-state index contributed by atoms with van der Waals surface area (Å²) in [7, 11) is 0. The minimum atomic E-state index is -1.18. The average Bonchev–Trinajstić information content (AvgIpc) is 2.68. The lowest BCUT2D eigenvalue weighted by Gasteiger charge is -2.36. The van der Waals surface area contributed by atoms with Crippen molar-refractivity contribution >= 4 is 23.8 Å². The predicted molar refractivity (Wildman–Crippen MR) is 113 cm³/mol. The van der Waals surface area contributed by atoms with Gasteiger partial charge in [-0.1, -0.05) is 30.3 Å². The first-order chi connectivity index (χ1) is 13.4. The van der Waals surface area contributed by atoms with E-state index in [4.69, 9.17) is 0 Å². The Morgan fingerprint density at radius 1 is 1.00 bits per heavy atom. The molecule has 1 heterocycles. The fourth-order valence-corrected chi connectivity index (χ4v) is 3.55. The summed E-state index contributed by atoms with van der Waals surface area (Å²) in [6, 6.07) is 12.5. The standard InChI is InChI=1S/C23H25F2NO2.ClH/c1-17(27)23(28)12-15-26(16-13-23)14-2-3-22(18-4-8-20(24)9-5-18)19-6-10-21(25)11-7-19;/h3-11,28H,2,12-16H2,1H3;1H. The van der Waals surface area contributed by atoms with E-state index in [1.54, 1.807) is 24.3 Å². The number of aliphatic hydroxyl groups is 1. The topological polar surface area (TPSA) is 40.5 Å². The molecule has 0 bridgehead atoms. The molecule has 1 saturated heterocycles. The van der Waals surface area contributed by atoms with Crippen LogP contribution in [0.3, 0.4) is 0 Å². The molecule has 2 aromatic rings. The van der Waals surface area contributed by atoms with Crippen LogP contribution < -0.4 is 0 Å². The zero-order valence-corrected chi connectivity index (χ0v) is 17.2. The summed E-state index contributed by atoms with van der Waals surface area (Å²) in [5.74, 6) is -0.760. The number of halogens is 3. The second-order valence-electron chi connectivity index (χ2n) is 7.35. The van der Waals surface area contributed by atoms with Crippen molar-refractivity contribution in [2.24, 2.45) is 0 Å². The number of piperidine rings is 1. The van der Waals surface area contributed by atoms with Gasteiger partial charge in [0.1, 0.15) is 17.2 Å². The van der Waals surface area contributed by atoms with Gasteiger partial charge in [0.15, 0.2) is 5.78 Å². The highest BCUT2D eigenvalue weighted by Gasteiger charge is 2.36. The highest BCUT2D eigenvalue weighted by Crippen LogP contribution is 2.26. The number of benzene rings is 2. The van der Waals surface area contributed by atoms with Gasteiger partial charge < -0.3 is 10.0 Å². The molecule has 3 nitrogen and oxygen atoms in total. The van der Waals surface area contributed by atoms with E-state index in [0.29, 0.717) is 25.9 Å². The molecule has 0 amide bonds. The van der Waals surface area contributed by atoms with Gasteiger partial charge in [-0.2, -0.15) is 0 Å². The lowest BCUT2D eigenvalue weighted by atomic mass is 9.88. The van der Waals surface area contributed by atoms with Crippen molar-refractivity contribution in [1.82, 2.24) is 4.90 Å². The minimum absolute atomic E-state index is 0. The molecule has 1 N–H and O–H groups in total. The van der Waals surface area contributed by atoms with Gasteiger partial charge in [0.05, 0.1) is 0 Å². The first-order valence-electron chi connectivity index (χ1n) is 9.55. The van der Waals surface area contributed by atoms with Crippen molar-refractivity contribution in [3.05, 3.63) is 77.4 Å². The number of ketones is 1. The zero-order valence-electron chi connectivity index (χ0n) is 16.4. The van der Waals surface area contributed by atoms with Crippen molar-refractivity contribution in [2.75, 3.05) is 19.6 Å². The molecule has 1 fully saturated rings. The quantitative estimate of drug-likeness (QED) is 0.739. The summed E-state index contributed by atoms with van der Waals surface area (Å²) in [5.41, 5.74) is 1.49. The average molecular weight is 422 g/mol. The fourth-order valence-electron chi connectivity index (χ4n) is 3.55. The molecule has 0 unspecified atom stereocenters. The van der Waals surface area contributed by atoms with Gasteiger partial charge in [-0.3, -0.25) is 4.79 Å². The molecule has 1 aliphatic heterocycles. The second kappa shape index (κ2) is 10.1. The summed E-state index contributed by atoms with van der Waals surface area (Å²) >= 11 is 0. The highest BCUT2D eigenvalue weighted by atomic mass is 35.5. The van der Waals surface area contributed by atoms with E-state index in [9.17, 15) is 18.7 Å². The summed E-state index contributed by atoms with van der Waals surface area (Å²) in [5, 5.41) is 10.3. The van der Waals surface area contributed by atoms with Crippen LogP contribution in [0.4, 0.5) is 8.78 Å². The summed E-state index contributed by atoms with van der Waals surface area (Å²) in [6.07, 6.45) is 3.73. The van der Waals surface area contributed by atoms with Crippen LogP contribution in [0, 0.1) is 11.6 Å². The number of Topliss-reactive ketones (excluding diaryl/α,β-unsaturated/α-hetero) is 1. The van der Waals surface area contributed by atoms with Crippen molar-refractivity contribution in [2.45, 2.75) is 31.8 Å². The fraction of sp³-hybridized carbons (Fsp3) is 0.348. The van der Waals surface area contributed by atoms with Crippen LogP contribution in [0.15, 0.2) is 54.6 Å². The van der Waals surface area contributed by atoms with Gasteiger partial charge in [0, 0.05) is 19.6 Å². The van der Waals surface area contributed by atoms with Gasteiger partial charge in [0.2, 0.25) is 0 Å². The lowest BCUT2D eigenvalue weighted by Crippen LogP contribution is -2.48.